The van der Waals surface area contributed by atoms with Crippen molar-refractivity contribution in [2.45, 2.75) is 37.4 Å². The second-order valence-electron chi connectivity index (χ2n) is 5.74. The van der Waals surface area contributed by atoms with E-state index in [-0.39, 0.29) is 5.91 Å². The molecule has 0 aromatic rings. The number of carbonyl (C=O) groups is 3. The van der Waals surface area contributed by atoms with Crippen LogP contribution in [0.5, 0.6) is 0 Å². The second-order valence-corrected chi connectivity index (χ2v) is 8.53. The largest absolute Gasteiger partial charge is 0.478 e. The Kier molecular flexibility index (Phi) is 14.4. The fraction of sp³-hybridized carbons (Fsp3) is 0.688. The summed E-state index contributed by atoms with van der Waals surface area (Å²) >= 11 is 0. The van der Waals surface area contributed by atoms with Crippen molar-refractivity contribution in [2.24, 2.45) is 0 Å². The van der Waals surface area contributed by atoms with Gasteiger partial charge in [-0.05, 0) is 33.4 Å². The van der Waals surface area contributed by atoms with Gasteiger partial charge in [-0.15, -0.1) is 0 Å². The number of nitrogens with zero attached hydrogens (tertiary/aromatic N) is 1. The topological polar surface area (TPSA) is 107 Å². The van der Waals surface area contributed by atoms with Crippen LogP contribution in [0.3, 0.4) is 0 Å². The van der Waals surface area contributed by atoms with Crippen LogP contribution < -0.4 is 5.32 Å². The van der Waals surface area contributed by atoms with Gasteiger partial charge in [-0.3, -0.25) is 4.79 Å². The quantitative estimate of drug-likeness (QED) is 0.295. The smallest absolute Gasteiger partial charge is 0.328 e. The Morgan fingerprint density at radius 3 is 2.28 bits per heavy atom. The maximum Gasteiger partial charge on any atom is 0.328 e. The Morgan fingerprint density at radius 2 is 1.80 bits per heavy atom. The van der Waals surface area contributed by atoms with E-state index in [0.29, 0.717) is 18.6 Å². The third kappa shape index (κ3) is 17.4. The number of unbranched alkanes of at least 4 members (excludes halogenated alkanes) is 1. The zero-order chi connectivity index (χ0) is 19.1. The number of carboxylic acids is 2. The number of hydrogen-bond donors (Lipinski definition) is 3. The first-order valence-corrected chi connectivity index (χ1v) is 10.5. The number of carbonyl (C=O) groups excluding carboxylic acids is 1. The van der Waals surface area contributed by atoms with Gasteiger partial charge in [-0.1, -0.05) is 28.0 Å². The molecular formula is C16H28N2O5S2. The fourth-order valence-electron chi connectivity index (χ4n) is 1.87. The van der Waals surface area contributed by atoms with E-state index in [0.717, 1.165) is 24.8 Å². The molecule has 1 aliphatic heterocycles. The van der Waals surface area contributed by atoms with E-state index >= 15 is 0 Å². The summed E-state index contributed by atoms with van der Waals surface area (Å²) in [6.45, 7) is 1.68. The zero-order valence-electron chi connectivity index (χ0n) is 14.8. The maximum atomic E-state index is 11.5. The van der Waals surface area contributed by atoms with Crippen LogP contribution in [-0.2, 0) is 14.4 Å². The molecule has 1 atom stereocenters. The average Bonchev–Trinajstić information content (AvgIpc) is 3.03. The lowest BCUT2D eigenvalue weighted by molar-refractivity contribution is -0.134. The molecule has 25 heavy (non-hydrogen) atoms. The highest BCUT2D eigenvalue weighted by atomic mass is 33.1. The summed E-state index contributed by atoms with van der Waals surface area (Å²) in [6.07, 6.45) is 6.67. The van der Waals surface area contributed by atoms with Gasteiger partial charge in [0.1, 0.15) is 0 Å². The summed E-state index contributed by atoms with van der Waals surface area (Å²) in [7, 11) is 8.06. The first kappa shape index (κ1) is 23.8. The van der Waals surface area contributed by atoms with Crippen LogP contribution in [0.2, 0.25) is 0 Å². The summed E-state index contributed by atoms with van der Waals surface area (Å²) in [5, 5.41) is 19.4. The number of aliphatic carboxylic acids is 2. The highest BCUT2D eigenvalue weighted by Crippen LogP contribution is 2.39. The van der Waals surface area contributed by atoms with Crippen LogP contribution in [0.1, 0.15) is 32.1 Å². The number of rotatable bonds is 10. The van der Waals surface area contributed by atoms with Crippen LogP contribution in [0, 0.1) is 0 Å². The standard InChI is InChI=1S/C12H24N2OS2.C4H4O4/c1-14(2)9-8-13-12(15)6-4-3-5-11-7-10-16-17-11;5-3(6)1-2-4(7)8/h11H,3-10H2,1-2H3,(H,13,15);1-2H,(H,5,6)(H,7,8)/b;2-1+. The Morgan fingerprint density at radius 1 is 1.16 bits per heavy atom. The maximum absolute atomic E-state index is 11.5. The fourth-order valence-corrected chi connectivity index (χ4v) is 4.90. The number of likely N-dealkylation sites (N-methyl/N-ethyl adjacent to an activating group) is 1. The molecule has 1 amide bonds. The van der Waals surface area contributed by atoms with E-state index in [4.69, 9.17) is 10.2 Å². The predicted octanol–water partition coefficient (Wildman–Crippen LogP) is 2.09. The van der Waals surface area contributed by atoms with Gasteiger partial charge in [0.15, 0.2) is 0 Å². The van der Waals surface area contributed by atoms with Gasteiger partial charge in [-0.25, -0.2) is 9.59 Å². The van der Waals surface area contributed by atoms with Crippen molar-refractivity contribution in [1.82, 2.24) is 10.2 Å². The second kappa shape index (κ2) is 15.1. The summed E-state index contributed by atoms with van der Waals surface area (Å²) in [6, 6.07) is 0. The highest BCUT2D eigenvalue weighted by molar-refractivity contribution is 8.77. The van der Waals surface area contributed by atoms with Gasteiger partial charge >= 0.3 is 11.9 Å². The SMILES string of the molecule is CN(C)CCNC(=O)CCCCC1CCSS1.O=C(O)/C=C/C(=O)O. The van der Waals surface area contributed by atoms with Gasteiger partial charge in [-0.2, -0.15) is 0 Å². The summed E-state index contributed by atoms with van der Waals surface area (Å²) in [5.41, 5.74) is 0. The van der Waals surface area contributed by atoms with Crippen molar-refractivity contribution < 1.29 is 24.6 Å². The lowest BCUT2D eigenvalue weighted by Crippen LogP contribution is -2.31. The molecule has 0 saturated carbocycles. The molecule has 9 heteroatoms. The Bertz CT molecular complexity index is 422. The van der Waals surface area contributed by atoms with Gasteiger partial charge in [0, 0.05) is 42.7 Å². The molecule has 1 saturated heterocycles. The van der Waals surface area contributed by atoms with Gasteiger partial charge < -0.3 is 20.4 Å². The number of hydrogen-bond acceptors (Lipinski definition) is 6. The Hall–Kier alpha value is -1.19. The van der Waals surface area contributed by atoms with E-state index in [1.54, 1.807) is 0 Å². The molecule has 0 aromatic heterocycles. The molecule has 0 bridgehead atoms. The molecule has 3 N–H and O–H groups in total. The molecule has 0 spiro atoms. The number of amides is 1. The van der Waals surface area contributed by atoms with E-state index in [1.165, 1.54) is 25.0 Å². The molecule has 144 valence electrons. The summed E-state index contributed by atoms with van der Waals surface area (Å²) < 4.78 is 0. The highest BCUT2D eigenvalue weighted by Gasteiger charge is 2.15. The molecule has 1 heterocycles. The van der Waals surface area contributed by atoms with Gasteiger partial charge in [0.2, 0.25) is 5.91 Å². The summed E-state index contributed by atoms with van der Waals surface area (Å²) in [5.74, 6) is -1.000. The molecule has 1 fully saturated rings. The zero-order valence-corrected chi connectivity index (χ0v) is 16.4. The third-order valence-corrected chi connectivity index (χ3v) is 6.16. The van der Waals surface area contributed by atoms with Crippen molar-refractivity contribution in [3.05, 3.63) is 12.2 Å². The van der Waals surface area contributed by atoms with E-state index < -0.39 is 11.9 Å². The minimum absolute atomic E-state index is 0.209. The average molecular weight is 393 g/mol. The first-order chi connectivity index (χ1) is 11.8. The van der Waals surface area contributed by atoms with Crippen molar-refractivity contribution in [3.8, 4) is 0 Å². The molecule has 1 unspecified atom stereocenters. The Labute approximate surface area is 157 Å². The molecule has 0 aromatic carbocycles. The first-order valence-electron chi connectivity index (χ1n) is 8.15. The van der Waals surface area contributed by atoms with Crippen LogP contribution >= 0.6 is 21.6 Å². The molecule has 0 aliphatic carbocycles. The molecule has 1 aliphatic rings. The van der Waals surface area contributed by atoms with E-state index in [1.807, 2.05) is 35.7 Å². The van der Waals surface area contributed by atoms with Crippen molar-refractivity contribution in [1.29, 1.82) is 0 Å². The van der Waals surface area contributed by atoms with Crippen molar-refractivity contribution in [3.63, 3.8) is 0 Å². The number of carboxylic acid groups (broad SMARTS) is 2. The van der Waals surface area contributed by atoms with Gasteiger partial charge in [0.25, 0.3) is 0 Å². The minimum atomic E-state index is -1.26. The molecule has 1 rings (SSSR count). The minimum Gasteiger partial charge on any atom is -0.478 e. The molecule has 7 nitrogen and oxygen atoms in total. The lowest BCUT2D eigenvalue weighted by atomic mass is 10.1. The predicted molar refractivity (Wildman–Crippen MR) is 103 cm³/mol. The monoisotopic (exact) mass is 392 g/mol. The normalized spacial score (nSPS) is 16.5. The van der Waals surface area contributed by atoms with Crippen LogP contribution in [0.15, 0.2) is 12.2 Å². The van der Waals surface area contributed by atoms with Crippen molar-refractivity contribution >= 4 is 39.4 Å². The molecule has 0 radical (unpaired) electrons. The van der Waals surface area contributed by atoms with Crippen LogP contribution in [0.4, 0.5) is 0 Å². The lowest BCUT2D eigenvalue weighted by Gasteiger charge is -2.10. The Balaban J connectivity index is 0.000000609. The molecular weight excluding hydrogens is 364 g/mol. The number of nitrogens with one attached hydrogen (secondary N) is 1. The van der Waals surface area contributed by atoms with Crippen LogP contribution in [-0.4, -0.2) is 71.1 Å². The van der Waals surface area contributed by atoms with Crippen molar-refractivity contribution in [2.75, 3.05) is 32.9 Å². The van der Waals surface area contributed by atoms with Gasteiger partial charge in [0.05, 0.1) is 0 Å². The summed E-state index contributed by atoms with van der Waals surface area (Å²) in [4.78, 5) is 32.7. The van der Waals surface area contributed by atoms with E-state index in [9.17, 15) is 14.4 Å². The van der Waals surface area contributed by atoms with Crippen LogP contribution in [0.25, 0.3) is 0 Å². The third-order valence-electron chi connectivity index (χ3n) is 3.16. The van der Waals surface area contributed by atoms with E-state index in [2.05, 4.69) is 10.2 Å².